The number of rotatable bonds is 2. The van der Waals surface area contributed by atoms with E-state index in [1.807, 2.05) is 27.7 Å². The summed E-state index contributed by atoms with van der Waals surface area (Å²) in [4.78, 5) is 11.3. The summed E-state index contributed by atoms with van der Waals surface area (Å²) in [6.07, 6.45) is 0.809. The van der Waals surface area contributed by atoms with E-state index in [0.717, 1.165) is 6.42 Å². The van der Waals surface area contributed by atoms with Crippen LogP contribution in [0.4, 0.5) is 0 Å². The molecule has 2 atom stereocenters. The van der Waals surface area contributed by atoms with Crippen molar-refractivity contribution in [3.05, 3.63) is 0 Å². The molecule has 1 heterocycles. The van der Waals surface area contributed by atoms with Crippen LogP contribution in [0.15, 0.2) is 0 Å². The number of esters is 1. The second kappa shape index (κ2) is 3.47. The number of carbonyl (C=O) groups is 1. The zero-order chi connectivity index (χ0) is 12.1. The van der Waals surface area contributed by atoms with Crippen molar-refractivity contribution in [3.8, 4) is 0 Å². The van der Waals surface area contributed by atoms with Crippen molar-refractivity contribution in [2.75, 3.05) is 7.11 Å². The summed E-state index contributed by atoms with van der Waals surface area (Å²) in [5, 5.41) is 0. The maximum atomic E-state index is 11.3. The Kier molecular flexibility index (Phi) is 2.59. The molecule has 90 valence electrons. The van der Waals surface area contributed by atoms with Gasteiger partial charge in [0.15, 0.2) is 0 Å². The van der Waals surface area contributed by atoms with Crippen LogP contribution >= 0.6 is 0 Å². The Balaban J connectivity index is 1.99. The number of hydrogen-bond acceptors (Lipinski definition) is 4. The molecule has 2 rings (SSSR count). The van der Waals surface area contributed by atoms with Crippen LogP contribution in [0.2, 0.25) is 5.82 Å². The number of methoxy groups -OCH3 is 1. The summed E-state index contributed by atoms with van der Waals surface area (Å²) in [5.74, 6) is -0.0343. The van der Waals surface area contributed by atoms with Gasteiger partial charge >= 0.3 is 13.1 Å². The molecule has 1 saturated carbocycles. The fourth-order valence-corrected chi connectivity index (χ4v) is 2.00. The van der Waals surface area contributed by atoms with Crippen molar-refractivity contribution in [3.63, 3.8) is 0 Å². The largest absolute Gasteiger partial charge is 0.469 e. The van der Waals surface area contributed by atoms with E-state index >= 15 is 0 Å². The highest BCUT2D eigenvalue weighted by atomic mass is 16.7. The highest BCUT2D eigenvalue weighted by Crippen LogP contribution is 2.53. The van der Waals surface area contributed by atoms with Gasteiger partial charge in [0.2, 0.25) is 0 Å². The summed E-state index contributed by atoms with van der Waals surface area (Å²) in [6, 6.07) is 0. The normalized spacial score (nSPS) is 34.9. The Labute approximate surface area is 96.8 Å². The van der Waals surface area contributed by atoms with Gasteiger partial charge in [0.05, 0.1) is 24.2 Å². The van der Waals surface area contributed by atoms with Crippen molar-refractivity contribution in [1.82, 2.24) is 0 Å². The Morgan fingerprint density at radius 3 is 2.19 bits per heavy atom. The first-order valence-corrected chi connectivity index (χ1v) is 5.72. The standard InChI is InChI=1S/C11H19BO4/c1-10(2)11(3,4)16-12(15-10)8-6-7(8)9(13)14-5/h7-8H,6H2,1-5H3/t7-,8-/m1/s1. The average molecular weight is 226 g/mol. The molecule has 0 bridgehead atoms. The van der Waals surface area contributed by atoms with Crippen LogP contribution < -0.4 is 0 Å². The van der Waals surface area contributed by atoms with Crippen LogP contribution in [0.25, 0.3) is 0 Å². The van der Waals surface area contributed by atoms with Crippen LogP contribution in [0.1, 0.15) is 34.1 Å². The molecule has 0 unspecified atom stereocenters. The topological polar surface area (TPSA) is 44.8 Å². The number of ether oxygens (including phenoxy) is 1. The lowest BCUT2D eigenvalue weighted by molar-refractivity contribution is -0.142. The van der Waals surface area contributed by atoms with E-state index in [0.29, 0.717) is 0 Å². The molecule has 16 heavy (non-hydrogen) atoms. The molecular formula is C11H19BO4. The van der Waals surface area contributed by atoms with Crippen LogP contribution in [-0.4, -0.2) is 31.4 Å². The van der Waals surface area contributed by atoms with Crippen molar-refractivity contribution >= 4 is 13.1 Å². The van der Waals surface area contributed by atoms with Crippen molar-refractivity contribution in [2.24, 2.45) is 5.92 Å². The lowest BCUT2D eigenvalue weighted by Crippen LogP contribution is -2.41. The lowest BCUT2D eigenvalue weighted by Gasteiger charge is -2.32. The van der Waals surface area contributed by atoms with Gasteiger partial charge < -0.3 is 14.0 Å². The van der Waals surface area contributed by atoms with Crippen LogP contribution in [0, 0.1) is 5.92 Å². The van der Waals surface area contributed by atoms with Crippen LogP contribution in [0.5, 0.6) is 0 Å². The third kappa shape index (κ3) is 1.76. The van der Waals surface area contributed by atoms with E-state index in [1.165, 1.54) is 7.11 Å². The molecule has 2 aliphatic rings. The molecule has 0 radical (unpaired) electrons. The molecule has 1 aliphatic carbocycles. The highest BCUT2D eigenvalue weighted by molar-refractivity contribution is 6.49. The second-order valence-corrected chi connectivity index (χ2v) is 5.65. The lowest BCUT2D eigenvalue weighted by atomic mass is 9.80. The third-order valence-electron chi connectivity index (χ3n) is 3.96. The molecule has 0 aromatic carbocycles. The molecule has 0 spiro atoms. The molecule has 1 aliphatic heterocycles. The van der Waals surface area contributed by atoms with E-state index in [-0.39, 0.29) is 36.0 Å². The van der Waals surface area contributed by atoms with E-state index in [1.54, 1.807) is 0 Å². The minimum atomic E-state index is -0.319. The van der Waals surface area contributed by atoms with Crippen molar-refractivity contribution in [1.29, 1.82) is 0 Å². The molecule has 0 N–H and O–H groups in total. The summed E-state index contributed by atoms with van der Waals surface area (Å²) in [7, 11) is 1.15. The van der Waals surface area contributed by atoms with Gasteiger partial charge in [0.1, 0.15) is 0 Å². The average Bonchev–Trinajstić information content (AvgIpc) is 2.90. The third-order valence-corrected chi connectivity index (χ3v) is 3.96. The van der Waals surface area contributed by atoms with Gasteiger partial charge in [-0.3, -0.25) is 4.79 Å². The molecule has 0 amide bonds. The van der Waals surface area contributed by atoms with Crippen LogP contribution in [-0.2, 0) is 18.8 Å². The van der Waals surface area contributed by atoms with Gasteiger partial charge in [-0.2, -0.15) is 0 Å². The fourth-order valence-electron chi connectivity index (χ4n) is 2.00. The van der Waals surface area contributed by atoms with Gasteiger partial charge in [0, 0.05) is 5.82 Å². The fraction of sp³-hybridized carbons (Fsp3) is 0.909. The van der Waals surface area contributed by atoms with Crippen LogP contribution in [0.3, 0.4) is 0 Å². The monoisotopic (exact) mass is 226 g/mol. The molecule has 4 nitrogen and oxygen atoms in total. The zero-order valence-electron chi connectivity index (χ0n) is 10.6. The maximum Gasteiger partial charge on any atom is 0.462 e. The predicted molar refractivity (Wildman–Crippen MR) is 60.0 cm³/mol. The first-order valence-electron chi connectivity index (χ1n) is 5.72. The molecular weight excluding hydrogens is 207 g/mol. The van der Waals surface area contributed by atoms with Gasteiger partial charge in [0.25, 0.3) is 0 Å². The Morgan fingerprint density at radius 2 is 1.75 bits per heavy atom. The summed E-state index contributed by atoms with van der Waals surface area (Å²) in [6.45, 7) is 8.07. The quantitative estimate of drug-likeness (QED) is 0.530. The van der Waals surface area contributed by atoms with Gasteiger partial charge in [-0.05, 0) is 34.1 Å². The maximum absolute atomic E-state index is 11.3. The van der Waals surface area contributed by atoms with E-state index in [9.17, 15) is 4.79 Å². The van der Waals surface area contributed by atoms with Gasteiger partial charge in [-0.25, -0.2) is 0 Å². The van der Waals surface area contributed by atoms with Gasteiger partial charge in [-0.1, -0.05) is 0 Å². The Hall–Kier alpha value is -0.545. The molecule has 5 heteroatoms. The summed E-state index contributed by atoms with van der Waals surface area (Å²) in [5.41, 5.74) is -0.637. The summed E-state index contributed by atoms with van der Waals surface area (Å²) < 4.78 is 16.5. The van der Waals surface area contributed by atoms with Crippen molar-refractivity contribution in [2.45, 2.75) is 51.1 Å². The highest BCUT2D eigenvalue weighted by Gasteiger charge is 2.61. The Morgan fingerprint density at radius 1 is 1.25 bits per heavy atom. The number of hydrogen-bond donors (Lipinski definition) is 0. The number of carbonyl (C=O) groups excluding carboxylic acids is 1. The molecule has 0 aromatic heterocycles. The first kappa shape index (κ1) is 11.9. The smallest absolute Gasteiger partial charge is 0.462 e. The first-order chi connectivity index (χ1) is 7.28. The van der Waals surface area contributed by atoms with E-state index in [4.69, 9.17) is 14.0 Å². The van der Waals surface area contributed by atoms with Gasteiger partial charge in [-0.15, -0.1) is 0 Å². The van der Waals surface area contributed by atoms with E-state index in [2.05, 4.69) is 0 Å². The Bertz CT molecular complexity index is 297. The zero-order valence-corrected chi connectivity index (χ0v) is 10.6. The second-order valence-electron chi connectivity index (χ2n) is 5.65. The van der Waals surface area contributed by atoms with Crippen molar-refractivity contribution < 1.29 is 18.8 Å². The van der Waals surface area contributed by atoms with E-state index < -0.39 is 0 Å². The minimum Gasteiger partial charge on any atom is -0.469 e. The minimum absolute atomic E-state index is 0.0419. The molecule has 2 fully saturated rings. The SMILES string of the molecule is COC(=O)[C@@H]1C[C@H]1B1OC(C)(C)C(C)(C)O1. The molecule has 0 aromatic rings. The predicted octanol–water partition coefficient (Wildman–Crippen LogP) is 1.64. The molecule has 1 saturated heterocycles. The summed E-state index contributed by atoms with van der Waals surface area (Å²) >= 11 is 0.